The van der Waals surface area contributed by atoms with Crippen molar-refractivity contribution in [3.63, 3.8) is 0 Å². The maximum absolute atomic E-state index is 10.6. The molecule has 0 spiro atoms. The van der Waals surface area contributed by atoms with Crippen LogP contribution in [0.25, 0.3) is 0 Å². The minimum absolute atomic E-state index is 0.202. The number of aryl methyl sites for hydroxylation is 1. The molecule has 3 aliphatic rings. The Balaban J connectivity index is 0.000000360. The lowest BCUT2D eigenvalue weighted by atomic mass is 9.82. The van der Waals surface area contributed by atoms with Gasteiger partial charge < -0.3 is 19.3 Å². The fraction of sp³-hybridized carbons (Fsp3) is 0.696. The van der Waals surface area contributed by atoms with Gasteiger partial charge in [0.2, 0.25) is 0 Å². The highest BCUT2D eigenvalue weighted by molar-refractivity contribution is 5.73. The third-order valence-electron chi connectivity index (χ3n) is 6.57. The van der Waals surface area contributed by atoms with Crippen molar-refractivity contribution in [2.45, 2.75) is 32.5 Å². The van der Waals surface area contributed by atoms with Crippen LogP contribution in [0.3, 0.4) is 0 Å². The Morgan fingerprint density at radius 1 is 1.25 bits per heavy atom. The number of benzene rings is 1. The molecule has 0 saturated carbocycles. The molecule has 0 radical (unpaired) electrons. The fourth-order valence-electron chi connectivity index (χ4n) is 4.64. The van der Waals surface area contributed by atoms with Gasteiger partial charge in [0.15, 0.2) is 0 Å². The zero-order valence-corrected chi connectivity index (χ0v) is 18.4. The summed E-state index contributed by atoms with van der Waals surface area (Å²) in [6, 6.07) is 8.74. The Hall–Kier alpha value is -1.68. The number of carboxylic acid groups (broad SMARTS) is 1. The van der Waals surface area contributed by atoms with Crippen LogP contribution in [0, 0.1) is 24.2 Å². The van der Waals surface area contributed by atoms with E-state index in [1.54, 1.807) is 0 Å². The summed E-state index contributed by atoms with van der Waals surface area (Å²) in [4.78, 5) is 11.5. The van der Waals surface area contributed by atoms with Crippen LogP contribution in [0.4, 0.5) is 13.2 Å². The van der Waals surface area contributed by atoms with Crippen molar-refractivity contribution in [3.8, 4) is 0 Å². The Morgan fingerprint density at radius 3 is 2.59 bits per heavy atom. The number of ether oxygens (including phenoxy) is 3. The summed E-state index contributed by atoms with van der Waals surface area (Å²) in [5, 5.41) is 7.12. The first-order valence-electron chi connectivity index (χ1n) is 11.0. The lowest BCUT2D eigenvalue weighted by molar-refractivity contribution is -0.192. The standard InChI is InChI=1S/C21H31NO3.C2HF3O2/c1-17-4-2-3-5-19(17)10-22-11-20-13-25-16-21(20,14-22)15-24-12-18-6-8-23-9-7-18;3-2(4,5)1(6)7/h2-5,18,20H,6-16H2,1H3;(H,6,7)/t20-,21-;/m1./s1. The summed E-state index contributed by atoms with van der Waals surface area (Å²) in [6.07, 6.45) is -2.79. The van der Waals surface area contributed by atoms with Crippen LogP contribution in [-0.4, -0.2) is 74.9 Å². The average molecular weight is 460 g/mol. The first-order chi connectivity index (χ1) is 15.2. The van der Waals surface area contributed by atoms with Gasteiger partial charge in [-0.3, -0.25) is 4.90 Å². The molecule has 9 heteroatoms. The number of nitrogens with zero attached hydrogens (tertiary/aromatic N) is 1. The third kappa shape index (κ3) is 6.66. The number of carboxylic acids is 1. The maximum atomic E-state index is 10.6. The summed E-state index contributed by atoms with van der Waals surface area (Å²) >= 11 is 0. The van der Waals surface area contributed by atoms with E-state index >= 15 is 0 Å². The van der Waals surface area contributed by atoms with Crippen molar-refractivity contribution in [3.05, 3.63) is 35.4 Å². The highest BCUT2D eigenvalue weighted by Gasteiger charge is 2.50. The van der Waals surface area contributed by atoms with E-state index in [2.05, 4.69) is 36.1 Å². The predicted molar refractivity (Wildman–Crippen MR) is 111 cm³/mol. The molecule has 6 nitrogen and oxygen atoms in total. The number of fused-ring (bicyclic) bond motifs is 1. The SMILES string of the molecule is Cc1ccccc1CN1C[C@@H]2COC[C@]2(COCC2CCOCC2)C1.O=C(O)C(F)(F)F. The van der Waals surface area contributed by atoms with Gasteiger partial charge in [-0.05, 0) is 36.8 Å². The van der Waals surface area contributed by atoms with Crippen molar-refractivity contribution in [1.29, 1.82) is 0 Å². The maximum Gasteiger partial charge on any atom is 0.490 e. The minimum Gasteiger partial charge on any atom is -0.475 e. The summed E-state index contributed by atoms with van der Waals surface area (Å²) < 4.78 is 49.3. The largest absolute Gasteiger partial charge is 0.490 e. The Kier molecular flexibility index (Phi) is 8.55. The van der Waals surface area contributed by atoms with Crippen LogP contribution in [0.1, 0.15) is 24.0 Å². The third-order valence-corrected chi connectivity index (χ3v) is 6.57. The molecular weight excluding hydrogens is 427 g/mol. The summed E-state index contributed by atoms with van der Waals surface area (Å²) in [5.74, 6) is -1.46. The van der Waals surface area contributed by atoms with Crippen LogP contribution in [0.15, 0.2) is 24.3 Å². The summed E-state index contributed by atoms with van der Waals surface area (Å²) in [5.41, 5.74) is 3.04. The number of rotatable bonds is 6. The number of hydrogen-bond donors (Lipinski definition) is 1. The molecule has 3 aliphatic heterocycles. The van der Waals surface area contributed by atoms with Gasteiger partial charge in [0, 0.05) is 50.8 Å². The van der Waals surface area contributed by atoms with Crippen molar-refractivity contribution >= 4 is 5.97 Å². The molecule has 0 aromatic heterocycles. The number of carbonyl (C=O) groups is 1. The zero-order valence-electron chi connectivity index (χ0n) is 18.4. The number of hydrogen-bond acceptors (Lipinski definition) is 5. The molecule has 0 unspecified atom stereocenters. The second-order valence-corrected chi connectivity index (χ2v) is 9.04. The quantitative estimate of drug-likeness (QED) is 0.702. The molecule has 2 atom stereocenters. The molecular formula is C23H32F3NO5. The molecule has 1 N–H and O–H groups in total. The second-order valence-electron chi connectivity index (χ2n) is 9.04. The van der Waals surface area contributed by atoms with Crippen molar-refractivity contribution in [2.24, 2.45) is 17.3 Å². The Morgan fingerprint density at radius 2 is 1.94 bits per heavy atom. The van der Waals surface area contributed by atoms with Gasteiger partial charge in [0.05, 0.1) is 19.8 Å². The highest BCUT2D eigenvalue weighted by atomic mass is 19.4. The second kappa shape index (κ2) is 11.0. The van der Waals surface area contributed by atoms with Gasteiger partial charge in [-0.1, -0.05) is 24.3 Å². The number of halogens is 3. The van der Waals surface area contributed by atoms with E-state index in [0.717, 1.165) is 72.1 Å². The van der Waals surface area contributed by atoms with E-state index in [4.69, 9.17) is 24.1 Å². The van der Waals surface area contributed by atoms with Gasteiger partial charge in [0.25, 0.3) is 0 Å². The van der Waals surface area contributed by atoms with Crippen LogP contribution in [-0.2, 0) is 25.5 Å². The molecule has 0 amide bonds. The Labute approximate surface area is 186 Å². The smallest absolute Gasteiger partial charge is 0.475 e. The van der Waals surface area contributed by atoms with Crippen LogP contribution >= 0.6 is 0 Å². The van der Waals surface area contributed by atoms with Gasteiger partial charge in [-0.25, -0.2) is 4.79 Å². The molecule has 3 saturated heterocycles. The fourth-order valence-corrected chi connectivity index (χ4v) is 4.64. The van der Waals surface area contributed by atoms with Crippen LogP contribution in [0.5, 0.6) is 0 Å². The predicted octanol–water partition coefficient (Wildman–Crippen LogP) is 3.52. The molecule has 4 rings (SSSR count). The van der Waals surface area contributed by atoms with Crippen LogP contribution < -0.4 is 0 Å². The highest BCUT2D eigenvalue weighted by Crippen LogP contribution is 2.42. The normalized spacial score (nSPS) is 26.4. The van der Waals surface area contributed by atoms with E-state index in [-0.39, 0.29) is 5.41 Å². The number of likely N-dealkylation sites (tertiary alicyclic amines) is 1. The molecule has 180 valence electrons. The lowest BCUT2D eigenvalue weighted by Gasteiger charge is -2.29. The number of alkyl halides is 3. The van der Waals surface area contributed by atoms with Gasteiger partial charge in [0.1, 0.15) is 0 Å². The van der Waals surface area contributed by atoms with Crippen molar-refractivity contribution in [1.82, 2.24) is 4.90 Å². The molecule has 1 aromatic rings. The molecule has 1 aromatic carbocycles. The van der Waals surface area contributed by atoms with E-state index in [9.17, 15) is 13.2 Å². The van der Waals surface area contributed by atoms with Crippen molar-refractivity contribution in [2.75, 3.05) is 52.7 Å². The molecule has 0 aliphatic carbocycles. The van der Waals surface area contributed by atoms with Gasteiger partial charge in [-0.2, -0.15) is 13.2 Å². The molecule has 0 bridgehead atoms. The molecule has 3 fully saturated rings. The lowest BCUT2D eigenvalue weighted by Crippen LogP contribution is -2.36. The first kappa shape index (κ1) is 25.0. The minimum atomic E-state index is -5.08. The first-order valence-corrected chi connectivity index (χ1v) is 11.0. The summed E-state index contributed by atoms with van der Waals surface area (Å²) in [6.45, 7) is 10.8. The zero-order chi connectivity index (χ0) is 23.2. The molecule has 32 heavy (non-hydrogen) atoms. The van der Waals surface area contributed by atoms with E-state index < -0.39 is 12.1 Å². The van der Waals surface area contributed by atoms with E-state index in [1.807, 2.05) is 0 Å². The van der Waals surface area contributed by atoms with E-state index in [1.165, 1.54) is 11.1 Å². The molecule has 3 heterocycles. The topological polar surface area (TPSA) is 68.2 Å². The average Bonchev–Trinajstić information content (AvgIpc) is 3.27. The van der Waals surface area contributed by atoms with Crippen molar-refractivity contribution < 1.29 is 37.3 Å². The Bertz CT molecular complexity index is 753. The summed E-state index contributed by atoms with van der Waals surface area (Å²) in [7, 11) is 0. The number of aliphatic carboxylic acids is 1. The van der Waals surface area contributed by atoms with Gasteiger partial charge in [-0.15, -0.1) is 0 Å². The van der Waals surface area contributed by atoms with Gasteiger partial charge >= 0.3 is 12.1 Å². The monoisotopic (exact) mass is 459 g/mol. The van der Waals surface area contributed by atoms with Crippen LogP contribution in [0.2, 0.25) is 0 Å². The van der Waals surface area contributed by atoms with E-state index in [0.29, 0.717) is 11.8 Å².